The Balaban J connectivity index is 1.59. The second-order valence-corrected chi connectivity index (χ2v) is 6.26. The maximum Gasteiger partial charge on any atom is 0.250 e. The number of benzene rings is 3. The number of carbonyl (C=O) groups is 1. The molecule has 0 heterocycles. The van der Waals surface area contributed by atoms with Crippen LogP contribution in [0.15, 0.2) is 72.8 Å². The van der Waals surface area contributed by atoms with Gasteiger partial charge in [-0.25, -0.2) is 0 Å². The highest BCUT2D eigenvalue weighted by Gasteiger charge is 2.08. The van der Waals surface area contributed by atoms with Gasteiger partial charge in [-0.1, -0.05) is 54.1 Å². The second-order valence-electron chi connectivity index (χ2n) is 5.83. The number of hydrogen-bond donors (Lipinski definition) is 2. The third-order valence-electron chi connectivity index (χ3n) is 3.90. The van der Waals surface area contributed by atoms with Crippen molar-refractivity contribution in [3.8, 4) is 5.75 Å². The maximum atomic E-state index is 11.5. The molecule has 3 N–H and O–H groups in total. The van der Waals surface area contributed by atoms with Crippen LogP contribution in [0.25, 0.3) is 0 Å². The summed E-state index contributed by atoms with van der Waals surface area (Å²) in [5.74, 6) is 0.293. The first kappa shape index (κ1) is 17.8. The molecule has 0 aliphatic rings. The molecule has 0 atom stereocenters. The van der Waals surface area contributed by atoms with E-state index in [1.54, 1.807) is 18.2 Å². The van der Waals surface area contributed by atoms with Gasteiger partial charge in [-0.3, -0.25) is 4.79 Å². The van der Waals surface area contributed by atoms with Crippen LogP contribution in [0, 0.1) is 0 Å². The third-order valence-corrected chi connectivity index (χ3v) is 4.14. The molecule has 26 heavy (non-hydrogen) atoms. The normalized spacial score (nSPS) is 10.3. The highest BCUT2D eigenvalue weighted by atomic mass is 35.5. The van der Waals surface area contributed by atoms with Gasteiger partial charge in [-0.15, -0.1) is 0 Å². The lowest BCUT2D eigenvalue weighted by Gasteiger charge is -2.11. The number of nitrogens with two attached hydrogens (primary N) is 1. The largest absolute Gasteiger partial charge is 0.489 e. The smallest absolute Gasteiger partial charge is 0.250 e. The first-order chi connectivity index (χ1) is 12.6. The average molecular weight is 367 g/mol. The number of amides is 1. The van der Waals surface area contributed by atoms with Gasteiger partial charge in [0, 0.05) is 17.3 Å². The number of primary amides is 1. The fourth-order valence-electron chi connectivity index (χ4n) is 2.52. The molecule has 3 rings (SSSR count). The van der Waals surface area contributed by atoms with Crippen LogP contribution in [0.2, 0.25) is 5.02 Å². The summed E-state index contributed by atoms with van der Waals surface area (Å²) in [6.45, 7) is 1.09. The van der Waals surface area contributed by atoms with Crippen molar-refractivity contribution in [3.63, 3.8) is 0 Å². The zero-order chi connectivity index (χ0) is 18.4. The molecular formula is C21H19ClN2O2. The summed E-state index contributed by atoms with van der Waals surface area (Å²) < 4.78 is 5.78. The summed E-state index contributed by atoms with van der Waals surface area (Å²) in [4.78, 5) is 11.5. The minimum Gasteiger partial charge on any atom is -0.489 e. The highest BCUT2D eigenvalue weighted by Crippen LogP contribution is 2.21. The SMILES string of the molecule is NC(=O)c1cc(Cl)ccc1NCc1ccc(OCc2ccccc2)cc1. The summed E-state index contributed by atoms with van der Waals surface area (Å²) in [6.07, 6.45) is 0. The van der Waals surface area contributed by atoms with Gasteiger partial charge < -0.3 is 15.8 Å². The summed E-state index contributed by atoms with van der Waals surface area (Å²) in [5, 5.41) is 3.69. The number of hydrogen-bond acceptors (Lipinski definition) is 3. The second kappa shape index (κ2) is 8.41. The predicted molar refractivity (Wildman–Crippen MR) is 105 cm³/mol. The van der Waals surface area contributed by atoms with E-state index in [1.807, 2.05) is 54.6 Å². The van der Waals surface area contributed by atoms with Crippen molar-refractivity contribution in [2.75, 3.05) is 5.32 Å². The monoisotopic (exact) mass is 366 g/mol. The molecule has 0 spiro atoms. The van der Waals surface area contributed by atoms with Crippen molar-refractivity contribution in [1.29, 1.82) is 0 Å². The zero-order valence-corrected chi connectivity index (χ0v) is 14.9. The van der Waals surface area contributed by atoms with E-state index in [9.17, 15) is 4.79 Å². The lowest BCUT2D eigenvalue weighted by molar-refractivity contribution is 0.100. The molecule has 0 radical (unpaired) electrons. The van der Waals surface area contributed by atoms with E-state index in [-0.39, 0.29) is 0 Å². The topological polar surface area (TPSA) is 64.4 Å². The molecule has 0 aliphatic carbocycles. The van der Waals surface area contributed by atoms with Crippen LogP contribution < -0.4 is 15.8 Å². The fraction of sp³-hybridized carbons (Fsp3) is 0.0952. The van der Waals surface area contributed by atoms with Crippen LogP contribution >= 0.6 is 11.6 Å². The lowest BCUT2D eigenvalue weighted by atomic mass is 10.1. The molecule has 0 fully saturated rings. The number of halogens is 1. The van der Waals surface area contributed by atoms with Crippen LogP contribution in [0.5, 0.6) is 5.75 Å². The highest BCUT2D eigenvalue weighted by molar-refractivity contribution is 6.31. The maximum absolute atomic E-state index is 11.5. The number of anilines is 1. The third kappa shape index (κ3) is 4.77. The minimum atomic E-state index is -0.514. The van der Waals surface area contributed by atoms with E-state index < -0.39 is 5.91 Å². The molecule has 0 aliphatic heterocycles. The molecule has 4 nitrogen and oxygen atoms in total. The molecule has 0 aromatic heterocycles. The van der Waals surface area contributed by atoms with E-state index in [1.165, 1.54) is 0 Å². The number of ether oxygens (including phenoxy) is 1. The van der Waals surface area contributed by atoms with Crippen molar-refractivity contribution >= 4 is 23.2 Å². The van der Waals surface area contributed by atoms with E-state index in [0.29, 0.717) is 29.4 Å². The van der Waals surface area contributed by atoms with E-state index in [0.717, 1.165) is 16.9 Å². The molecule has 0 saturated heterocycles. The lowest BCUT2D eigenvalue weighted by Crippen LogP contribution is -2.14. The number of rotatable bonds is 7. The molecule has 3 aromatic rings. The molecular weight excluding hydrogens is 348 g/mol. The van der Waals surface area contributed by atoms with Gasteiger partial charge in [0.15, 0.2) is 0 Å². The van der Waals surface area contributed by atoms with Crippen LogP contribution in [-0.4, -0.2) is 5.91 Å². The van der Waals surface area contributed by atoms with Crippen molar-refractivity contribution in [1.82, 2.24) is 0 Å². The fourth-order valence-corrected chi connectivity index (χ4v) is 2.69. The van der Waals surface area contributed by atoms with Gasteiger partial charge in [0.25, 0.3) is 5.91 Å². The van der Waals surface area contributed by atoms with Crippen molar-refractivity contribution < 1.29 is 9.53 Å². The van der Waals surface area contributed by atoms with Gasteiger partial charge in [-0.2, -0.15) is 0 Å². The summed E-state index contributed by atoms with van der Waals surface area (Å²) in [7, 11) is 0. The zero-order valence-electron chi connectivity index (χ0n) is 14.1. The molecule has 5 heteroatoms. The van der Waals surface area contributed by atoms with Crippen LogP contribution in [0.1, 0.15) is 21.5 Å². The van der Waals surface area contributed by atoms with Crippen LogP contribution in [0.3, 0.4) is 0 Å². The Morgan fingerprint density at radius 3 is 2.38 bits per heavy atom. The van der Waals surface area contributed by atoms with E-state index >= 15 is 0 Å². The Labute approximate surface area is 157 Å². The first-order valence-electron chi connectivity index (χ1n) is 8.21. The standard InChI is InChI=1S/C21H19ClN2O2/c22-17-8-11-20(19(12-17)21(23)25)24-13-15-6-9-18(10-7-15)26-14-16-4-2-1-3-5-16/h1-12,24H,13-14H2,(H2,23,25). The van der Waals surface area contributed by atoms with Gasteiger partial charge in [-0.05, 0) is 41.5 Å². The van der Waals surface area contributed by atoms with Gasteiger partial charge in [0.2, 0.25) is 0 Å². The summed E-state index contributed by atoms with van der Waals surface area (Å²) in [5.41, 5.74) is 8.62. The molecule has 0 unspecified atom stereocenters. The van der Waals surface area contributed by atoms with Crippen molar-refractivity contribution in [2.45, 2.75) is 13.2 Å². The molecule has 0 bridgehead atoms. The van der Waals surface area contributed by atoms with E-state index in [2.05, 4.69) is 5.32 Å². The van der Waals surface area contributed by atoms with Crippen molar-refractivity contribution in [2.24, 2.45) is 5.73 Å². The Morgan fingerprint density at radius 2 is 1.69 bits per heavy atom. The Hall–Kier alpha value is -2.98. The van der Waals surface area contributed by atoms with Gasteiger partial charge in [0.1, 0.15) is 12.4 Å². The van der Waals surface area contributed by atoms with E-state index in [4.69, 9.17) is 22.1 Å². The Bertz CT molecular complexity index is 880. The molecule has 3 aromatic carbocycles. The Morgan fingerprint density at radius 1 is 0.962 bits per heavy atom. The van der Waals surface area contributed by atoms with Crippen molar-refractivity contribution in [3.05, 3.63) is 94.5 Å². The summed E-state index contributed by atoms with van der Waals surface area (Å²) >= 11 is 5.92. The Kier molecular flexibility index (Phi) is 5.77. The van der Waals surface area contributed by atoms with Crippen LogP contribution in [0.4, 0.5) is 5.69 Å². The number of carbonyl (C=O) groups excluding carboxylic acids is 1. The molecule has 0 saturated carbocycles. The number of nitrogens with one attached hydrogen (secondary N) is 1. The summed E-state index contributed by atoms with van der Waals surface area (Å²) in [6, 6.07) is 22.9. The van der Waals surface area contributed by atoms with Gasteiger partial charge in [0.05, 0.1) is 5.56 Å². The molecule has 1 amide bonds. The predicted octanol–water partition coefficient (Wildman–Crippen LogP) is 4.63. The van der Waals surface area contributed by atoms with Crippen LogP contribution in [-0.2, 0) is 13.2 Å². The molecule has 132 valence electrons. The van der Waals surface area contributed by atoms with Gasteiger partial charge >= 0.3 is 0 Å². The minimum absolute atomic E-state index is 0.375. The first-order valence-corrected chi connectivity index (χ1v) is 8.58. The average Bonchev–Trinajstić information content (AvgIpc) is 2.67. The quantitative estimate of drug-likeness (QED) is 0.640.